The van der Waals surface area contributed by atoms with Crippen molar-refractivity contribution in [2.75, 3.05) is 0 Å². The van der Waals surface area contributed by atoms with Gasteiger partial charge in [0.2, 0.25) is 0 Å². The van der Waals surface area contributed by atoms with Gasteiger partial charge in [-0.1, -0.05) is 0 Å². The first-order valence-corrected chi connectivity index (χ1v) is 4.10. The molecule has 1 aromatic rings. The highest BCUT2D eigenvalue weighted by atomic mass is 79.9. The minimum Gasteiger partial charge on any atom is -0.452 e. The van der Waals surface area contributed by atoms with E-state index in [1.807, 2.05) is 6.07 Å². The van der Waals surface area contributed by atoms with Gasteiger partial charge in [-0.2, -0.15) is 0 Å². The van der Waals surface area contributed by atoms with Crippen molar-refractivity contribution >= 4 is 15.9 Å². The lowest BCUT2D eigenvalue weighted by Gasteiger charge is -1.96. The highest BCUT2D eigenvalue weighted by Crippen LogP contribution is 2.33. The Labute approximate surface area is 67.5 Å². The molecule has 1 heterocycles. The van der Waals surface area contributed by atoms with E-state index < -0.39 is 0 Å². The molecular formula is C7H8BrNO. The molecule has 2 nitrogen and oxygen atoms in total. The van der Waals surface area contributed by atoms with E-state index in [4.69, 9.17) is 10.2 Å². The average Bonchev–Trinajstić information content (AvgIpc) is 2.35. The van der Waals surface area contributed by atoms with E-state index >= 15 is 0 Å². The summed E-state index contributed by atoms with van der Waals surface area (Å²) in [5.74, 6) is 0.965. The molecule has 54 valence electrons. The fourth-order valence-corrected chi connectivity index (χ4v) is 1.81. The van der Waals surface area contributed by atoms with Gasteiger partial charge in [0.15, 0.2) is 4.67 Å². The molecule has 2 N–H and O–H groups in total. The van der Waals surface area contributed by atoms with E-state index in [-0.39, 0.29) is 6.04 Å². The van der Waals surface area contributed by atoms with E-state index in [1.165, 1.54) is 5.56 Å². The summed E-state index contributed by atoms with van der Waals surface area (Å²) in [4.78, 5) is 0. The Morgan fingerprint density at radius 2 is 2.50 bits per heavy atom. The summed E-state index contributed by atoms with van der Waals surface area (Å²) in [7, 11) is 0. The Morgan fingerprint density at radius 1 is 1.70 bits per heavy atom. The van der Waals surface area contributed by atoms with Gasteiger partial charge < -0.3 is 10.2 Å². The van der Waals surface area contributed by atoms with Crippen LogP contribution in [0.2, 0.25) is 0 Å². The molecule has 1 unspecified atom stereocenters. The summed E-state index contributed by atoms with van der Waals surface area (Å²) in [6, 6.07) is 2.13. The molecule has 0 spiro atoms. The van der Waals surface area contributed by atoms with Crippen molar-refractivity contribution in [3.8, 4) is 0 Å². The number of nitrogens with two attached hydrogens (primary N) is 1. The van der Waals surface area contributed by atoms with Crippen molar-refractivity contribution in [1.82, 2.24) is 0 Å². The number of fused-ring (bicyclic) bond motifs is 1. The van der Waals surface area contributed by atoms with Gasteiger partial charge in [-0.3, -0.25) is 0 Å². The largest absolute Gasteiger partial charge is 0.452 e. The monoisotopic (exact) mass is 201 g/mol. The summed E-state index contributed by atoms with van der Waals surface area (Å²) in [5, 5.41) is 0. The van der Waals surface area contributed by atoms with Crippen LogP contribution in [0.3, 0.4) is 0 Å². The van der Waals surface area contributed by atoms with Gasteiger partial charge in [-0.05, 0) is 40.4 Å². The van der Waals surface area contributed by atoms with Crippen molar-refractivity contribution in [1.29, 1.82) is 0 Å². The minimum atomic E-state index is 0.126. The van der Waals surface area contributed by atoms with Crippen LogP contribution in [0.15, 0.2) is 15.2 Å². The summed E-state index contributed by atoms with van der Waals surface area (Å²) in [5.41, 5.74) is 7.01. The number of hydrogen-bond donors (Lipinski definition) is 1. The van der Waals surface area contributed by atoms with Crippen LogP contribution in [0.1, 0.15) is 23.8 Å². The minimum absolute atomic E-state index is 0.126. The topological polar surface area (TPSA) is 39.2 Å². The first-order chi connectivity index (χ1) is 4.77. The predicted molar refractivity (Wildman–Crippen MR) is 41.7 cm³/mol. The number of hydrogen-bond acceptors (Lipinski definition) is 2. The second-order valence-corrected chi connectivity index (χ2v) is 3.37. The molecule has 1 aliphatic carbocycles. The van der Waals surface area contributed by atoms with Gasteiger partial charge in [-0.25, -0.2) is 0 Å². The van der Waals surface area contributed by atoms with E-state index in [0.29, 0.717) is 0 Å². The molecule has 3 heteroatoms. The molecule has 0 bridgehead atoms. The van der Waals surface area contributed by atoms with Gasteiger partial charge in [0.25, 0.3) is 0 Å². The van der Waals surface area contributed by atoms with Crippen LogP contribution in [0, 0.1) is 0 Å². The first-order valence-electron chi connectivity index (χ1n) is 3.31. The summed E-state index contributed by atoms with van der Waals surface area (Å²) in [6.07, 6.45) is 2.09. The fraction of sp³-hybridized carbons (Fsp3) is 0.429. The van der Waals surface area contributed by atoms with Crippen molar-refractivity contribution < 1.29 is 4.42 Å². The first kappa shape index (κ1) is 6.43. The fourth-order valence-electron chi connectivity index (χ4n) is 1.36. The van der Waals surface area contributed by atoms with E-state index in [2.05, 4.69) is 15.9 Å². The van der Waals surface area contributed by atoms with Crippen LogP contribution in [0.4, 0.5) is 0 Å². The van der Waals surface area contributed by atoms with E-state index in [1.54, 1.807) is 0 Å². The third kappa shape index (κ3) is 0.812. The van der Waals surface area contributed by atoms with Gasteiger partial charge in [-0.15, -0.1) is 0 Å². The zero-order valence-electron chi connectivity index (χ0n) is 5.43. The summed E-state index contributed by atoms with van der Waals surface area (Å²) < 4.78 is 6.13. The molecule has 1 atom stereocenters. The van der Waals surface area contributed by atoms with Crippen molar-refractivity contribution in [2.24, 2.45) is 5.73 Å². The summed E-state index contributed by atoms with van der Waals surface area (Å²) in [6.45, 7) is 0. The number of aryl methyl sites for hydroxylation is 1. The molecule has 2 rings (SSSR count). The number of rotatable bonds is 0. The van der Waals surface area contributed by atoms with Crippen molar-refractivity contribution in [3.63, 3.8) is 0 Å². The van der Waals surface area contributed by atoms with Gasteiger partial charge in [0.1, 0.15) is 5.76 Å². The highest BCUT2D eigenvalue weighted by molar-refractivity contribution is 9.10. The number of furan rings is 1. The molecule has 0 aromatic carbocycles. The zero-order chi connectivity index (χ0) is 7.14. The molecule has 0 aliphatic heterocycles. The van der Waals surface area contributed by atoms with Gasteiger partial charge >= 0.3 is 0 Å². The molecule has 1 aromatic heterocycles. The van der Waals surface area contributed by atoms with Crippen molar-refractivity contribution in [2.45, 2.75) is 18.9 Å². The SMILES string of the molecule is NC1CCc2cc(Br)oc21. The Bertz CT molecular complexity index is 256. The quantitative estimate of drug-likeness (QED) is 0.698. The second-order valence-electron chi connectivity index (χ2n) is 2.59. The average molecular weight is 202 g/mol. The van der Waals surface area contributed by atoms with Crippen LogP contribution < -0.4 is 5.73 Å². The van der Waals surface area contributed by atoms with Crippen LogP contribution in [0.5, 0.6) is 0 Å². The molecule has 1 aliphatic rings. The van der Waals surface area contributed by atoms with Crippen LogP contribution >= 0.6 is 15.9 Å². The standard InChI is InChI=1S/C7H8BrNO/c8-6-3-4-1-2-5(9)7(4)10-6/h3,5H,1-2,9H2. The normalized spacial score (nSPS) is 23.2. The second kappa shape index (κ2) is 2.10. The lowest BCUT2D eigenvalue weighted by atomic mass is 10.3. The Morgan fingerprint density at radius 3 is 3.20 bits per heavy atom. The van der Waals surface area contributed by atoms with Gasteiger partial charge in [0.05, 0.1) is 6.04 Å². The maximum Gasteiger partial charge on any atom is 0.169 e. The molecule has 0 fully saturated rings. The maximum atomic E-state index is 5.75. The molecule has 10 heavy (non-hydrogen) atoms. The predicted octanol–water partition coefficient (Wildman–Crippen LogP) is 1.99. The van der Waals surface area contributed by atoms with Crippen LogP contribution in [-0.4, -0.2) is 0 Å². The van der Waals surface area contributed by atoms with E-state index in [0.717, 1.165) is 23.3 Å². The highest BCUT2D eigenvalue weighted by Gasteiger charge is 2.23. The lowest BCUT2D eigenvalue weighted by Crippen LogP contribution is -2.03. The zero-order valence-corrected chi connectivity index (χ0v) is 7.02. The van der Waals surface area contributed by atoms with Crippen molar-refractivity contribution in [3.05, 3.63) is 22.1 Å². The number of halogens is 1. The molecule has 0 amide bonds. The molecule has 0 saturated heterocycles. The third-order valence-electron chi connectivity index (χ3n) is 1.87. The molecular weight excluding hydrogens is 194 g/mol. The maximum absolute atomic E-state index is 5.75. The molecule has 0 saturated carbocycles. The van der Waals surface area contributed by atoms with Crippen LogP contribution in [0.25, 0.3) is 0 Å². The van der Waals surface area contributed by atoms with Gasteiger partial charge in [0, 0.05) is 0 Å². The van der Waals surface area contributed by atoms with Crippen LogP contribution in [-0.2, 0) is 6.42 Å². The van der Waals surface area contributed by atoms with E-state index in [9.17, 15) is 0 Å². The smallest absolute Gasteiger partial charge is 0.169 e. The third-order valence-corrected chi connectivity index (χ3v) is 2.26. The molecule has 0 radical (unpaired) electrons. The lowest BCUT2D eigenvalue weighted by molar-refractivity contribution is 0.456. The summed E-state index contributed by atoms with van der Waals surface area (Å²) >= 11 is 3.26. The Balaban J connectivity index is 2.49. The Hall–Kier alpha value is -0.280. The Kier molecular flexibility index (Phi) is 1.35.